The zero-order valence-corrected chi connectivity index (χ0v) is 16.9. The number of carbonyl (C=O) groups is 1. The highest BCUT2D eigenvalue weighted by atomic mass is 16.5. The number of nitrogens with zero attached hydrogens (tertiary/aromatic N) is 3. The summed E-state index contributed by atoms with van der Waals surface area (Å²) in [5.74, 6) is 2.09. The van der Waals surface area contributed by atoms with Crippen molar-refractivity contribution < 1.29 is 18.5 Å². The van der Waals surface area contributed by atoms with E-state index in [2.05, 4.69) is 10.1 Å². The van der Waals surface area contributed by atoms with Gasteiger partial charge < -0.3 is 18.6 Å². The molecule has 1 saturated heterocycles. The van der Waals surface area contributed by atoms with Crippen LogP contribution in [-0.2, 0) is 11.2 Å². The Morgan fingerprint density at radius 3 is 2.79 bits per heavy atom. The van der Waals surface area contributed by atoms with Crippen molar-refractivity contribution in [2.24, 2.45) is 5.92 Å². The van der Waals surface area contributed by atoms with Crippen molar-refractivity contribution in [3.05, 3.63) is 70.8 Å². The number of rotatable bonds is 6. The van der Waals surface area contributed by atoms with E-state index in [-0.39, 0.29) is 17.7 Å². The molecular formula is C22H25N3O4. The Kier molecular flexibility index (Phi) is 5.49. The number of hydrogen-bond acceptors (Lipinski definition) is 6. The zero-order chi connectivity index (χ0) is 20.4. The van der Waals surface area contributed by atoms with Crippen LogP contribution in [0, 0.1) is 19.8 Å². The van der Waals surface area contributed by atoms with Gasteiger partial charge in [0, 0.05) is 55.9 Å². The number of aromatic nitrogens is 2. The second-order valence-corrected chi connectivity index (χ2v) is 7.53. The van der Waals surface area contributed by atoms with Crippen molar-refractivity contribution in [2.45, 2.75) is 26.2 Å². The average Bonchev–Trinajstić information content (AvgIpc) is 3.44. The van der Waals surface area contributed by atoms with Crippen LogP contribution in [0.1, 0.15) is 44.9 Å². The molecule has 0 unspecified atom stereocenters. The molecule has 2 atom stereocenters. The van der Waals surface area contributed by atoms with Crippen molar-refractivity contribution in [2.75, 3.05) is 26.8 Å². The molecule has 4 rings (SSSR count). The van der Waals surface area contributed by atoms with Gasteiger partial charge in [0.2, 0.25) is 0 Å². The van der Waals surface area contributed by atoms with Crippen molar-refractivity contribution in [3.63, 3.8) is 0 Å². The molecule has 3 aromatic heterocycles. The lowest BCUT2D eigenvalue weighted by Crippen LogP contribution is -2.29. The molecular weight excluding hydrogens is 370 g/mol. The second-order valence-electron chi connectivity index (χ2n) is 7.53. The number of methoxy groups -OCH3 is 1. The predicted molar refractivity (Wildman–Crippen MR) is 106 cm³/mol. The summed E-state index contributed by atoms with van der Waals surface area (Å²) in [5.41, 5.74) is 2.82. The molecule has 1 aliphatic rings. The molecule has 152 valence electrons. The number of carbonyl (C=O) groups excluding carboxylic acids is 1. The molecule has 7 nitrogen and oxygen atoms in total. The highest BCUT2D eigenvalue weighted by Gasteiger charge is 2.38. The van der Waals surface area contributed by atoms with E-state index >= 15 is 0 Å². The number of aryl methyl sites for hydroxylation is 2. The lowest BCUT2D eigenvalue weighted by molar-refractivity contribution is 0.0742. The third kappa shape index (κ3) is 3.96. The van der Waals surface area contributed by atoms with Gasteiger partial charge in [-0.05, 0) is 38.1 Å². The number of amides is 1. The van der Waals surface area contributed by atoms with Gasteiger partial charge >= 0.3 is 0 Å². The monoisotopic (exact) mass is 395 g/mol. The Morgan fingerprint density at radius 2 is 2.10 bits per heavy atom. The van der Waals surface area contributed by atoms with Crippen molar-refractivity contribution in [3.8, 4) is 0 Å². The maximum atomic E-state index is 13.1. The number of furan rings is 1. The molecule has 0 bridgehead atoms. The van der Waals surface area contributed by atoms with Crippen molar-refractivity contribution in [1.82, 2.24) is 15.0 Å². The van der Waals surface area contributed by atoms with Gasteiger partial charge in [-0.1, -0.05) is 11.2 Å². The Morgan fingerprint density at radius 1 is 1.24 bits per heavy atom. The summed E-state index contributed by atoms with van der Waals surface area (Å²) in [6.07, 6.45) is 2.34. The zero-order valence-electron chi connectivity index (χ0n) is 16.9. The normalized spacial score (nSPS) is 19.1. The van der Waals surface area contributed by atoms with Crippen LogP contribution < -0.4 is 0 Å². The molecule has 4 heterocycles. The SMILES string of the molecule is COC[C@@H]1CN(C(=O)c2ccc(Cc3c(C)noc3C)o2)C[C@H]1c1ccccn1. The van der Waals surface area contributed by atoms with E-state index in [1.165, 1.54) is 0 Å². The van der Waals surface area contributed by atoms with Crippen LogP contribution in [0.5, 0.6) is 0 Å². The minimum absolute atomic E-state index is 0.102. The Hall–Kier alpha value is -2.93. The fraction of sp³-hybridized carbons (Fsp3) is 0.409. The summed E-state index contributed by atoms with van der Waals surface area (Å²) in [6, 6.07) is 9.48. The highest BCUT2D eigenvalue weighted by molar-refractivity contribution is 5.91. The fourth-order valence-electron chi connectivity index (χ4n) is 4.02. The third-order valence-electron chi connectivity index (χ3n) is 5.58. The first kappa shape index (κ1) is 19.4. The second kappa shape index (κ2) is 8.21. The number of hydrogen-bond donors (Lipinski definition) is 0. The van der Waals surface area contributed by atoms with Gasteiger partial charge in [0.05, 0.1) is 12.3 Å². The average molecular weight is 395 g/mol. The fourth-order valence-corrected chi connectivity index (χ4v) is 4.02. The van der Waals surface area contributed by atoms with E-state index < -0.39 is 0 Å². The van der Waals surface area contributed by atoms with Crippen LogP contribution >= 0.6 is 0 Å². The highest BCUT2D eigenvalue weighted by Crippen LogP contribution is 2.33. The van der Waals surface area contributed by atoms with Crippen LogP contribution in [0.3, 0.4) is 0 Å². The number of likely N-dealkylation sites (tertiary alicyclic amines) is 1. The molecule has 7 heteroatoms. The largest absolute Gasteiger partial charge is 0.456 e. The summed E-state index contributed by atoms with van der Waals surface area (Å²) in [7, 11) is 1.69. The summed E-state index contributed by atoms with van der Waals surface area (Å²) in [6.45, 7) is 5.58. The van der Waals surface area contributed by atoms with Crippen LogP contribution in [0.4, 0.5) is 0 Å². The van der Waals surface area contributed by atoms with Gasteiger partial charge in [-0.25, -0.2) is 0 Å². The first-order valence-electron chi connectivity index (χ1n) is 9.76. The van der Waals surface area contributed by atoms with Crippen LogP contribution in [0.15, 0.2) is 45.5 Å². The van der Waals surface area contributed by atoms with Gasteiger partial charge in [0.25, 0.3) is 5.91 Å². The summed E-state index contributed by atoms with van der Waals surface area (Å²) < 4.78 is 16.5. The standard InChI is InChI=1S/C22H25N3O4/c1-14-18(15(2)29-24-14)10-17-7-8-21(28-17)22(26)25-11-16(13-27-3)19(12-25)20-6-4-5-9-23-20/h4-9,16,19H,10-13H2,1-3H3/t16-,19+/m0/s1. The van der Waals surface area contributed by atoms with E-state index in [1.54, 1.807) is 19.4 Å². The molecule has 1 aliphatic heterocycles. The van der Waals surface area contributed by atoms with E-state index in [1.807, 2.05) is 43.0 Å². The van der Waals surface area contributed by atoms with Crippen molar-refractivity contribution in [1.29, 1.82) is 0 Å². The van der Waals surface area contributed by atoms with Crippen molar-refractivity contribution >= 4 is 5.91 Å². The van der Waals surface area contributed by atoms with E-state index in [0.29, 0.717) is 31.9 Å². The molecule has 0 saturated carbocycles. The van der Waals surface area contributed by atoms with E-state index in [0.717, 1.165) is 28.5 Å². The summed E-state index contributed by atoms with van der Waals surface area (Å²) >= 11 is 0. The van der Waals surface area contributed by atoms with Gasteiger partial charge in [-0.15, -0.1) is 0 Å². The smallest absolute Gasteiger partial charge is 0.289 e. The lowest BCUT2D eigenvalue weighted by atomic mass is 9.93. The summed E-state index contributed by atoms with van der Waals surface area (Å²) in [4.78, 5) is 19.4. The predicted octanol–water partition coefficient (Wildman–Crippen LogP) is 3.37. The molecule has 0 aliphatic carbocycles. The van der Waals surface area contributed by atoms with Gasteiger partial charge in [-0.3, -0.25) is 9.78 Å². The van der Waals surface area contributed by atoms with Crippen LogP contribution in [0.2, 0.25) is 0 Å². The number of ether oxygens (including phenoxy) is 1. The van der Waals surface area contributed by atoms with E-state index in [9.17, 15) is 4.79 Å². The minimum Gasteiger partial charge on any atom is -0.456 e. The quantitative estimate of drug-likeness (QED) is 0.636. The van der Waals surface area contributed by atoms with Gasteiger partial charge in [0.1, 0.15) is 11.5 Å². The van der Waals surface area contributed by atoms with Gasteiger partial charge in [-0.2, -0.15) is 0 Å². The maximum Gasteiger partial charge on any atom is 0.289 e. The molecule has 1 amide bonds. The Labute approximate surface area is 169 Å². The molecule has 3 aromatic rings. The Balaban J connectivity index is 1.49. The lowest BCUT2D eigenvalue weighted by Gasteiger charge is -2.16. The topological polar surface area (TPSA) is 81.6 Å². The van der Waals surface area contributed by atoms with E-state index in [4.69, 9.17) is 13.7 Å². The molecule has 0 aromatic carbocycles. The number of pyridine rings is 1. The first-order chi connectivity index (χ1) is 14.1. The molecule has 29 heavy (non-hydrogen) atoms. The molecule has 0 radical (unpaired) electrons. The van der Waals surface area contributed by atoms with Crippen LogP contribution in [-0.4, -0.2) is 47.8 Å². The third-order valence-corrected chi connectivity index (χ3v) is 5.58. The van der Waals surface area contributed by atoms with Gasteiger partial charge in [0.15, 0.2) is 5.76 Å². The minimum atomic E-state index is -0.102. The molecule has 1 fully saturated rings. The first-order valence-corrected chi connectivity index (χ1v) is 9.76. The summed E-state index contributed by atoms with van der Waals surface area (Å²) in [5, 5.41) is 3.97. The van der Waals surface area contributed by atoms with Crippen LogP contribution in [0.25, 0.3) is 0 Å². The molecule has 0 spiro atoms. The Bertz CT molecular complexity index is 960. The maximum absolute atomic E-state index is 13.1. The molecule has 0 N–H and O–H groups in total.